The Morgan fingerprint density at radius 3 is 1.95 bits per heavy atom. The lowest BCUT2D eigenvalue weighted by atomic mass is 10.0. The molecule has 20 heavy (non-hydrogen) atoms. The van der Waals surface area contributed by atoms with E-state index in [2.05, 4.69) is 0 Å². The highest BCUT2D eigenvalue weighted by molar-refractivity contribution is 6.43. The largest absolute Gasteiger partial charge is 0.391 e. The Morgan fingerprint density at radius 1 is 0.900 bits per heavy atom. The van der Waals surface area contributed by atoms with E-state index in [0.29, 0.717) is 0 Å². The standard InChI is InChI=1S/C13H6Cl2F4O/c14-7-3-1-2-5(9(7)15)8-12(18)10(16)6(4-20)11(17)13(8)19/h1-3,20H,4H2. The monoisotopic (exact) mass is 324 g/mol. The third-order valence-corrected chi connectivity index (χ3v) is 3.55. The number of aliphatic hydroxyl groups is 1. The molecular formula is C13H6Cl2F4O. The minimum absolute atomic E-state index is 0.0185. The summed E-state index contributed by atoms with van der Waals surface area (Å²) in [6.45, 7) is -1.17. The van der Waals surface area contributed by atoms with Crippen LogP contribution in [0.2, 0.25) is 10.0 Å². The second-order valence-electron chi connectivity index (χ2n) is 3.87. The maximum atomic E-state index is 13.9. The fourth-order valence-electron chi connectivity index (χ4n) is 1.75. The molecule has 0 saturated carbocycles. The van der Waals surface area contributed by atoms with Gasteiger partial charge in [0, 0.05) is 5.56 Å². The summed E-state index contributed by atoms with van der Waals surface area (Å²) < 4.78 is 55.0. The van der Waals surface area contributed by atoms with E-state index in [9.17, 15) is 17.6 Å². The molecule has 1 nitrogen and oxygen atoms in total. The predicted octanol–water partition coefficient (Wildman–Crippen LogP) is 4.71. The Bertz CT molecular complexity index is 660. The Morgan fingerprint density at radius 2 is 1.45 bits per heavy atom. The van der Waals surface area contributed by atoms with Crippen molar-refractivity contribution in [1.29, 1.82) is 0 Å². The van der Waals surface area contributed by atoms with Crippen LogP contribution in [0.3, 0.4) is 0 Å². The molecular weight excluding hydrogens is 319 g/mol. The summed E-state index contributed by atoms with van der Waals surface area (Å²) in [6.07, 6.45) is 0. The van der Waals surface area contributed by atoms with Crippen molar-refractivity contribution in [2.24, 2.45) is 0 Å². The van der Waals surface area contributed by atoms with Crippen molar-refractivity contribution in [3.63, 3.8) is 0 Å². The lowest BCUT2D eigenvalue weighted by molar-refractivity contribution is 0.263. The second-order valence-corrected chi connectivity index (χ2v) is 4.65. The highest BCUT2D eigenvalue weighted by Crippen LogP contribution is 2.38. The molecule has 0 fully saturated rings. The van der Waals surface area contributed by atoms with Gasteiger partial charge in [0.15, 0.2) is 23.3 Å². The summed E-state index contributed by atoms with van der Waals surface area (Å²) in [5.74, 6) is -6.62. The van der Waals surface area contributed by atoms with Crippen LogP contribution in [0.5, 0.6) is 0 Å². The van der Waals surface area contributed by atoms with Crippen molar-refractivity contribution in [2.75, 3.05) is 0 Å². The molecule has 0 radical (unpaired) electrons. The zero-order valence-corrected chi connectivity index (χ0v) is 11.2. The van der Waals surface area contributed by atoms with Crippen molar-refractivity contribution < 1.29 is 22.7 Å². The number of hydrogen-bond donors (Lipinski definition) is 1. The molecule has 0 spiro atoms. The molecule has 0 aliphatic rings. The van der Waals surface area contributed by atoms with Crippen LogP contribution in [0.25, 0.3) is 11.1 Å². The minimum atomic E-state index is -1.67. The summed E-state index contributed by atoms with van der Waals surface area (Å²) in [5, 5.41) is 8.50. The molecule has 2 aromatic carbocycles. The van der Waals surface area contributed by atoms with Gasteiger partial charge >= 0.3 is 0 Å². The van der Waals surface area contributed by atoms with Crippen molar-refractivity contribution >= 4 is 23.2 Å². The molecule has 1 N–H and O–H groups in total. The zero-order chi connectivity index (χ0) is 15.0. The molecule has 7 heteroatoms. The van der Waals surface area contributed by atoms with Crippen LogP contribution in [-0.2, 0) is 6.61 Å². The van der Waals surface area contributed by atoms with E-state index in [0.717, 1.165) is 0 Å². The van der Waals surface area contributed by atoms with E-state index in [1.54, 1.807) is 0 Å². The van der Waals surface area contributed by atoms with E-state index in [1.807, 2.05) is 0 Å². The first kappa shape index (κ1) is 15.1. The summed E-state index contributed by atoms with van der Waals surface area (Å²) in [5.41, 5.74) is -2.33. The SMILES string of the molecule is OCc1c(F)c(F)c(-c2cccc(Cl)c2Cl)c(F)c1F. The van der Waals surface area contributed by atoms with Gasteiger partial charge in [-0.25, -0.2) is 17.6 Å². The summed E-state index contributed by atoms with van der Waals surface area (Å²) in [7, 11) is 0. The smallest absolute Gasteiger partial charge is 0.170 e. The number of rotatable bonds is 2. The Balaban J connectivity index is 2.85. The molecule has 2 aromatic rings. The van der Waals surface area contributed by atoms with Gasteiger partial charge in [-0.05, 0) is 6.07 Å². The lowest BCUT2D eigenvalue weighted by Crippen LogP contribution is -2.06. The van der Waals surface area contributed by atoms with Crippen LogP contribution in [-0.4, -0.2) is 5.11 Å². The van der Waals surface area contributed by atoms with E-state index in [1.165, 1.54) is 18.2 Å². The van der Waals surface area contributed by atoms with Gasteiger partial charge in [0.2, 0.25) is 0 Å². The first-order valence-corrected chi connectivity index (χ1v) is 6.05. The molecule has 0 aliphatic carbocycles. The van der Waals surface area contributed by atoms with Crippen LogP contribution in [0.15, 0.2) is 18.2 Å². The minimum Gasteiger partial charge on any atom is -0.391 e. The van der Waals surface area contributed by atoms with E-state index < -0.39 is 41.0 Å². The van der Waals surface area contributed by atoms with E-state index in [-0.39, 0.29) is 15.6 Å². The topological polar surface area (TPSA) is 20.2 Å². The summed E-state index contributed by atoms with van der Waals surface area (Å²) in [6, 6.07) is 3.86. The molecule has 0 atom stereocenters. The average Bonchev–Trinajstić information content (AvgIpc) is 2.42. The summed E-state index contributed by atoms with van der Waals surface area (Å²) >= 11 is 11.5. The van der Waals surface area contributed by atoms with E-state index in [4.69, 9.17) is 28.3 Å². The predicted molar refractivity (Wildman–Crippen MR) is 67.7 cm³/mol. The Hall–Kier alpha value is -1.30. The Kier molecular flexibility index (Phi) is 4.22. The molecule has 2 rings (SSSR count). The third-order valence-electron chi connectivity index (χ3n) is 2.73. The molecule has 0 unspecified atom stereocenters. The molecule has 0 aliphatic heterocycles. The van der Waals surface area contributed by atoms with Gasteiger partial charge in [0.25, 0.3) is 0 Å². The highest BCUT2D eigenvalue weighted by Gasteiger charge is 2.27. The fourth-order valence-corrected chi connectivity index (χ4v) is 2.14. The van der Waals surface area contributed by atoms with Crippen LogP contribution in [0.4, 0.5) is 17.6 Å². The zero-order valence-electron chi connectivity index (χ0n) is 9.65. The Labute approximate surface area is 121 Å². The fraction of sp³-hybridized carbons (Fsp3) is 0.0769. The normalized spacial score (nSPS) is 10.9. The number of hydrogen-bond acceptors (Lipinski definition) is 1. The van der Waals surface area contributed by atoms with Gasteiger partial charge < -0.3 is 5.11 Å². The van der Waals surface area contributed by atoms with Gasteiger partial charge in [0.05, 0.1) is 27.8 Å². The third kappa shape index (κ3) is 2.26. The number of halogens is 6. The van der Waals surface area contributed by atoms with Gasteiger partial charge in [-0.15, -0.1) is 0 Å². The van der Waals surface area contributed by atoms with Crippen molar-refractivity contribution in [3.8, 4) is 11.1 Å². The highest BCUT2D eigenvalue weighted by atomic mass is 35.5. The van der Waals surface area contributed by atoms with Crippen LogP contribution in [0, 0.1) is 23.3 Å². The first-order valence-electron chi connectivity index (χ1n) is 5.30. The van der Waals surface area contributed by atoms with Crippen molar-refractivity contribution in [1.82, 2.24) is 0 Å². The van der Waals surface area contributed by atoms with Crippen LogP contribution in [0.1, 0.15) is 5.56 Å². The van der Waals surface area contributed by atoms with Gasteiger partial charge in [-0.2, -0.15) is 0 Å². The van der Waals surface area contributed by atoms with Crippen molar-refractivity contribution in [2.45, 2.75) is 6.61 Å². The van der Waals surface area contributed by atoms with E-state index >= 15 is 0 Å². The van der Waals surface area contributed by atoms with Gasteiger partial charge in [-0.1, -0.05) is 35.3 Å². The molecule has 0 heterocycles. The summed E-state index contributed by atoms with van der Waals surface area (Å²) in [4.78, 5) is 0. The lowest BCUT2D eigenvalue weighted by Gasteiger charge is -2.12. The second kappa shape index (κ2) is 5.60. The number of benzene rings is 2. The molecule has 0 aromatic heterocycles. The molecule has 0 bridgehead atoms. The maximum absolute atomic E-state index is 13.9. The van der Waals surface area contributed by atoms with Crippen LogP contribution < -0.4 is 0 Å². The van der Waals surface area contributed by atoms with Gasteiger partial charge in [-0.3, -0.25) is 0 Å². The quantitative estimate of drug-likeness (QED) is 0.626. The first-order chi connectivity index (χ1) is 9.40. The molecule has 0 saturated heterocycles. The average molecular weight is 325 g/mol. The maximum Gasteiger partial charge on any atom is 0.170 e. The molecule has 0 amide bonds. The van der Waals surface area contributed by atoms with Crippen molar-refractivity contribution in [3.05, 3.63) is 57.1 Å². The van der Waals surface area contributed by atoms with Crippen LogP contribution >= 0.6 is 23.2 Å². The molecule has 106 valence electrons. The van der Waals surface area contributed by atoms with Gasteiger partial charge in [0.1, 0.15) is 0 Å². The number of aliphatic hydroxyl groups excluding tert-OH is 1.